The Morgan fingerprint density at radius 3 is 2.32 bits per heavy atom. The Bertz CT molecular complexity index is 796. The van der Waals surface area contributed by atoms with Crippen molar-refractivity contribution < 1.29 is 21.8 Å². The lowest BCUT2D eigenvalue weighted by Crippen LogP contribution is -2.42. The van der Waals surface area contributed by atoms with Gasteiger partial charge in [-0.15, -0.1) is 0 Å². The Morgan fingerprint density at radius 1 is 1.28 bits per heavy atom. The maximum absolute atomic E-state index is 12.7. The van der Waals surface area contributed by atoms with Crippen LogP contribution in [0.3, 0.4) is 0 Å². The van der Waals surface area contributed by atoms with Crippen molar-refractivity contribution in [1.29, 1.82) is 0 Å². The number of azide groups is 1. The van der Waals surface area contributed by atoms with Gasteiger partial charge in [-0.1, -0.05) is 44.1 Å². The highest BCUT2D eigenvalue weighted by Crippen LogP contribution is 2.37. The molecule has 8 nitrogen and oxygen atoms in total. The van der Waals surface area contributed by atoms with Crippen molar-refractivity contribution in [3.05, 3.63) is 45.8 Å². The number of carbonyl (C=O) groups is 1. The Morgan fingerprint density at radius 2 is 1.84 bits per heavy atom. The summed E-state index contributed by atoms with van der Waals surface area (Å²) in [7, 11) is -6.29. The first-order valence-electron chi connectivity index (χ1n) is 7.53. The lowest BCUT2D eigenvalue weighted by molar-refractivity contribution is 0.0707. The van der Waals surface area contributed by atoms with Crippen LogP contribution in [0.5, 0.6) is 0 Å². The van der Waals surface area contributed by atoms with Crippen molar-refractivity contribution in [2.45, 2.75) is 45.1 Å². The minimum absolute atomic E-state index is 0.105. The van der Waals surface area contributed by atoms with E-state index < -0.39 is 30.6 Å². The summed E-state index contributed by atoms with van der Waals surface area (Å²) in [5, 5.41) is 3.16. The van der Waals surface area contributed by atoms with Gasteiger partial charge in [-0.2, -0.15) is 8.42 Å². The number of nitrogens with zero attached hydrogens (tertiary/aromatic N) is 3. The fraction of sp³-hybridized carbons (Fsp3) is 0.533. The van der Waals surface area contributed by atoms with E-state index >= 15 is 0 Å². The molecule has 0 saturated heterocycles. The van der Waals surface area contributed by atoms with E-state index in [-0.39, 0.29) is 16.2 Å². The van der Waals surface area contributed by atoms with Crippen molar-refractivity contribution in [2.75, 3.05) is 6.26 Å². The van der Waals surface area contributed by atoms with E-state index in [0.717, 1.165) is 6.26 Å². The molecule has 0 fully saturated rings. The standard InChI is InChI=1S/C15H23N3O5SSi/c1-15(2,3)25(5,6)23-14(19)12-10-8-7-9-11(12)13(17-18-16)22-24(4,20)21/h7-10,13H,1-6H3. The highest BCUT2D eigenvalue weighted by molar-refractivity contribution is 7.86. The molecule has 0 spiro atoms. The Kier molecular flexibility index (Phi) is 6.41. The van der Waals surface area contributed by atoms with Crippen LogP contribution in [0.25, 0.3) is 10.4 Å². The first-order valence-corrected chi connectivity index (χ1v) is 12.3. The van der Waals surface area contributed by atoms with Crippen LogP contribution in [0.15, 0.2) is 29.4 Å². The SMILES string of the molecule is CC(C)(C)[Si](C)(C)OC(=O)c1ccccc1C(N=[N+]=[N-])OS(C)(=O)=O. The summed E-state index contributed by atoms with van der Waals surface area (Å²) in [5.41, 5.74) is 8.93. The Labute approximate surface area is 149 Å². The van der Waals surface area contributed by atoms with Crippen LogP contribution in [-0.2, 0) is 18.7 Å². The van der Waals surface area contributed by atoms with Crippen molar-refractivity contribution in [3.63, 3.8) is 0 Å². The molecular formula is C15H23N3O5SSi. The molecule has 1 unspecified atom stereocenters. The number of hydrogen-bond acceptors (Lipinski definition) is 6. The Balaban J connectivity index is 3.31. The molecule has 0 saturated carbocycles. The molecule has 138 valence electrons. The second-order valence-corrected chi connectivity index (χ2v) is 13.4. The summed E-state index contributed by atoms with van der Waals surface area (Å²) < 4.78 is 33.4. The molecule has 0 bridgehead atoms. The second kappa shape index (κ2) is 7.57. The lowest BCUT2D eigenvalue weighted by Gasteiger charge is -2.35. The highest BCUT2D eigenvalue weighted by Gasteiger charge is 2.41. The van der Waals surface area contributed by atoms with Crippen molar-refractivity contribution >= 4 is 24.4 Å². The molecular weight excluding hydrogens is 362 g/mol. The smallest absolute Gasteiger partial charge is 0.325 e. The predicted octanol–water partition coefficient (Wildman–Crippen LogP) is 4.13. The van der Waals surface area contributed by atoms with Gasteiger partial charge in [0.05, 0.1) is 11.8 Å². The molecule has 25 heavy (non-hydrogen) atoms. The topological polar surface area (TPSA) is 118 Å². The number of benzene rings is 1. The zero-order valence-electron chi connectivity index (χ0n) is 15.2. The molecule has 1 aromatic rings. The third-order valence-corrected chi connectivity index (χ3v) is 8.86. The highest BCUT2D eigenvalue weighted by atomic mass is 32.2. The van der Waals surface area contributed by atoms with Gasteiger partial charge in [0.2, 0.25) is 0 Å². The van der Waals surface area contributed by atoms with Gasteiger partial charge >= 0.3 is 5.97 Å². The molecule has 0 aliphatic carbocycles. The van der Waals surface area contributed by atoms with Crippen LogP contribution >= 0.6 is 0 Å². The van der Waals surface area contributed by atoms with Crippen LogP contribution in [0.1, 0.15) is 42.9 Å². The summed E-state index contributed by atoms with van der Waals surface area (Å²) in [6.45, 7) is 9.83. The summed E-state index contributed by atoms with van der Waals surface area (Å²) in [5.74, 6) is -0.600. The van der Waals surface area contributed by atoms with Crippen molar-refractivity contribution in [1.82, 2.24) is 0 Å². The van der Waals surface area contributed by atoms with E-state index in [2.05, 4.69) is 10.0 Å². The summed E-state index contributed by atoms with van der Waals surface area (Å²) in [6.07, 6.45) is -0.646. The third-order valence-electron chi connectivity index (χ3n) is 4.02. The molecule has 0 radical (unpaired) electrons. The zero-order valence-corrected chi connectivity index (χ0v) is 17.0. The van der Waals surface area contributed by atoms with Gasteiger partial charge in [-0.3, -0.25) is 4.18 Å². The van der Waals surface area contributed by atoms with Crippen LogP contribution in [-0.4, -0.2) is 29.0 Å². The molecule has 0 aliphatic rings. The maximum atomic E-state index is 12.7. The molecule has 0 heterocycles. The first-order chi connectivity index (χ1) is 11.3. The van der Waals surface area contributed by atoms with Gasteiger partial charge in [0.25, 0.3) is 18.4 Å². The van der Waals surface area contributed by atoms with Crippen molar-refractivity contribution in [2.24, 2.45) is 5.11 Å². The third kappa shape index (κ3) is 5.85. The average molecular weight is 386 g/mol. The van der Waals surface area contributed by atoms with Crippen LogP contribution in [0.4, 0.5) is 0 Å². The van der Waals surface area contributed by atoms with Gasteiger partial charge in [-0.05, 0) is 29.7 Å². The molecule has 1 aromatic carbocycles. The lowest BCUT2D eigenvalue weighted by atomic mass is 10.1. The fourth-order valence-corrected chi connectivity index (χ4v) is 3.04. The van der Waals surface area contributed by atoms with Crippen LogP contribution in [0.2, 0.25) is 18.1 Å². The average Bonchev–Trinajstić information content (AvgIpc) is 2.43. The van der Waals surface area contributed by atoms with Gasteiger partial charge in [-0.25, -0.2) is 4.79 Å². The quantitative estimate of drug-likeness (QED) is 0.240. The number of rotatable bonds is 6. The molecule has 1 rings (SSSR count). The summed E-state index contributed by atoms with van der Waals surface area (Å²) in [6, 6.07) is 6.15. The second-order valence-electron chi connectivity index (χ2n) is 7.09. The molecule has 1 atom stereocenters. The van der Waals surface area contributed by atoms with E-state index in [1.807, 2.05) is 33.9 Å². The Hall–Kier alpha value is -1.87. The predicted molar refractivity (Wildman–Crippen MR) is 96.9 cm³/mol. The van der Waals surface area contributed by atoms with Gasteiger partial charge in [0.15, 0.2) is 6.23 Å². The minimum Gasteiger partial charge on any atom is -0.516 e. The molecule has 0 amide bonds. The normalized spacial score (nSPS) is 13.7. The fourth-order valence-electron chi connectivity index (χ4n) is 1.68. The molecule has 10 heteroatoms. The van der Waals surface area contributed by atoms with E-state index in [1.165, 1.54) is 12.1 Å². The number of hydrogen-bond donors (Lipinski definition) is 0. The van der Waals surface area contributed by atoms with Crippen LogP contribution in [0, 0.1) is 0 Å². The van der Waals surface area contributed by atoms with Gasteiger partial charge in [0, 0.05) is 10.5 Å². The van der Waals surface area contributed by atoms with E-state index in [4.69, 9.17) is 14.1 Å². The van der Waals surface area contributed by atoms with E-state index in [0.29, 0.717) is 0 Å². The van der Waals surface area contributed by atoms with Gasteiger partial charge in [0.1, 0.15) is 0 Å². The van der Waals surface area contributed by atoms with E-state index in [9.17, 15) is 13.2 Å². The zero-order chi connectivity index (χ0) is 19.5. The maximum Gasteiger partial charge on any atom is 0.325 e. The monoisotopic (exact) mass is 385 g/mol. The molecule has 0 aromatic heterocycles. The molecule has 0 aliphatic heterocycles. The summed E-state index contributed by atoms with van der Waals surface area (Å²) >= 11 is 0. The molecule has 0 N–H and O–H groups in total. The van der Waals surface area contributed by atoms with Crippen LogP contribution < -0.4 is 0 Å². The minimum atomic E-state index is -3.90. The van der Waals surface area contributed by atoms with E-state index in [1.54, 1.807) is 12.1 Å². The summed E-state index contributed by atoms with van der Waals surface area (Å²) in [4.78, 5) is 15.3. The first kappa shape index (κ1) is 21.2. The number of carbonyl (C=O) groups excluding carboxylic acids is 1. The van der Waals surface area contributed by atoms with Gasteiger partial charge < -0.3 is 4.43 Å². The largest absolute Gasteiger partial charge is 0.516 e. The van der Waals surface area contributed by atoms with Crippen molar-refractivity contribution in [3.8, 4) is 0 Å².